The molecule has 0 heterocycles. The molecule has 0 spiro atoms. The van der Waals surface area contributed by atoms with E-state index >= 15 is 0 Å². The predicted octanol–water partition coefficient (Wildman–Crippen LogP) is 1.98. The molecule has 1 rings (SSSR count). The van der Waals surface area contributed by atoms with Crippen LogP contribution in [0.3, 0.4) is 0 Å². The molecule has 0 aromatic heterocycles. The van der Waals surface area contributed by atoms with E-state index in [-0.39, 0.29) is 5.97 Å². The van der Waals surface area contributed by atoms with E-state index in [0.717, 1.165) is 0 Å². The van der Waals surface area contributed by atoms with Gasteiger partial charge in [-0.25, -0.2) is 4.79 Å². The smallest absolute Gasteiger partial charge is 0.338 e. The van der Waals surface area contributed by atoms with Gasteiger partial charge in [0.25, 0.3) is 0 Å². The van der Waals surface area contributed by atoms with Crippen molar-refractivity contribution in [1.82, 2.24) is 0 Å². The molecule has 4 nitrogen and oxygen atoms in total. The lowest BCUT2D eigenvalue weighted by molar-refractivity contribution is 0.00695. The second-order valence-corrected chi connectivity index (χ2v) is 4.66. The van der Waals surface area contributed by atoms with Gasteiger partial charge in [-0.15, -0.1) is 0 Å². The second-order valence-electron chi connectivity index (χ2n) is 4.66. The Morgan fingerprint density at radius 3 is 2.29 bits per heavy atom. The maximum Gasteiger partial charge on any atom is 0.338 e. The van der Waals surface area contributed by atoms with Crippen molar-refractivity contribution >= 4 is 5.97 Å². The summed E-state index contributed by atoms with van der Waals surface area (Å²) in [6, 6.07) is 6.82. The standard InChI is InChI=1S/C13H19NO3/c1-13(2,3)17-12(15)10-4-6-11(7-5-10)16-9-8-14/h4-7H,8-9,14H2,1-3H3. The first-order valence-electron chi connectivity index (χ1n) is 5.58. The van der Waals surface area contributed by atoms with Gasteiger partial charge in [0.1, 0.15) is 18.0 Å². The molecule has 0 aliphatic carbocycles. The molecule has 1 aromatic rings. The van der Waals surface area contributed by atoms with E-state index in [9.17, 15) is 4.79 Å². The largest absolute Gasteiger partial charge is 0.492 e. The molecule has 17 heavy (non-hydrogen) atoms. The Kier molecular flexibility index (Phi) is 4.52. The minimum atomic E-state index is -0.480. The lowest BCUT2D eigenvalue weighted by atomic mass is 10.1. The van der Waals surface area contributed by atoms with Gasteiger partial charge < -0.3 is 15.2 Å². The molecule has 0 aliphatic heterocycles. The molecule has 4 heteroatoms. The van der Waals surface area contributed by atoms with E-state index in [1.165, 1.54) is 0 Å². The monoisotopic (exact) mass is 237 g/mol. The Morgan fingerprint density at radius 1 is 1.24 bits per heavy atom. The zero-order chi connectivity index (χ0) is 12.9. The van der Waals surface area contributed by atoms with Gasteiger partial charge in [-0.1, -0.05) is 0 Å². The van der Waals surface area contributed by atoms with Crippen LogP contribution < -0.4 is 10.5 Å². The number of nitrogens with two attached hydrogens (primary N) is 1. The summed E-state index contributed by atoms with van der Waals surface area (Å²) in [5.74, 6) is 0.366. The fraction of sp³-hybridized carbons (Fsp3) is 0.462. The Balaban J connectivity index is 2.64. The average Bonchev–Trinajstić information content (AvgIpc) is 2.24. The Bertz CT molecular complexity index is 365. The molecule has 1 aromatic carbocycles. The zero-order valence-corrected chi connectivity index (χ0v) is 10.5. The summed E-state index contributed by atoms with van der Waals surface area (Å²) in [4.78, 5) is 11.7. The molecule has 0 amide bonds. The Hall–Kier alpha value is -1.55. The normalized spacial score (nSPS) is 11.1. The molecular weight excluding hydrogens is 218 g/mol. The van der Waals surface area contributed by atoms with Crippen molar-refractivity contribution in [3.8, 4) is 5.75 Å². The molecule has 0 saturated heterocycles. The highest BCUT2D eigenvalue weighted by Crippen LogP contribution is 2.15. The second kappa shape index (κ2) is 5.68. The van der Waals surface area contributed by atoms with E-state index in [1.807, 2.05) is 20.8 Å². The predicted molar refractivity (Wildman–Crippen MR) is 66.2 cm³/mol. The van der Waals surface area contributed by atoms with Crippen molar-refractivity contribution in [3.05, 3.63) is 29.8 Å². The molecular formula is C13H19NO3. The molecule has 0 radical (unpaired) electrons. The van der Waals surface area contributed by atoms with E-state index in [2.05, 4.69) is 0 Å². The first kappa shape index (κ1) is 13.5. The molecule has 94 valence electrons. The number of ether oxygens (including phenoxy) is 2. The maximum atomic E-state index is 11.7. The first-order valence-corrected chi connectivity index (χ1v) is 5.58. The SMILES string of the molecule is CC(C)(C)OC(=O)c1ccc(OCCN)cc1. The van der Waals surface area contributed by atoms with Crippen LogP contribution in [0.1, 0.15) is 31.1 Å². The number of carbonyl (C=O) groups excluding carboxylic acids is 1. The summed E-state index contributed by atoms with van der Waals surface area (Å²) < 4.78 is 10.6. The van der Waals surface area contributed by atoms with Crippen LogP contribution in [0.25, 0.3) is 0 Å². The highest BCUT2D eigenvalue weighted by atomic mass is 16.6. The fourth-order valence-corrected chi connectivity index (χ4v) is 1.20. The molecule has 2 N–H and O–H groups in total. The summed E-state index contributed by atoms with van der Waals surface area (Å²) in [6.45, 7) is 6.44. The number of hydrogen-bond donors (Lipinski definition) is 1. The van der Waals surface area contributed by atoms with E-state index in [1.54, 1.807) is 24.3 Å². The van der Waals surface area contributed by atoms with Crippen LogP contribution in [0, 0.1) is 0 Å². The number of hydrogen-bond acceptors (Lipinski definition) is 4. The van der Waals surface area contributed by atoms with Gasteiger partial charge in [0, 0.05) is 6.54 Å². The number of esters is 1. The summed E-state index contributed by atoms with van der Waals surface area (Å²) in [5.41, 5.74) is 5.36. The van der Waals surface area contributed by atoms with E-state index in [4.69, 9.17) is 15.2 Å². The van der Waals surface area contributed by atoms with Gasteiger partial charge in [-0.2, -0.15) is 0 Å². The maximum absolute atomic E-state index is 11.7. The first-order chi connectivity index (χ1) is 7.92. The molecule has 0 bridgehead atoms. The molecule has 0 atom stereocenters. The topological polar surface area (TPSA) is 61.5 Å². The van der Waals surface area contributed by atoms with Crippen molar-refractivity contribution in [2.24, 2.45) is 5.73 Å². The van der Waals surface area contributed by atoms with Gasteiger partial charge in [-0.05, 0) is 45.0 Å². The quantitative estimate of drug-likeness (QED) is 0.813. The fourth-order valence-electron chi connectivity index (χ4n) is 1.20. The summed E-state index contributed by atoms with van der Waals surface area (Å²) in [7, 11) is 0. The summed E-state index contributed by atoms with van der Waals surface area (Å²) >= 11 is 0. The van der Waals surface area contributed by atoms with Crippen molar-refractivity contribution in [2.45, 2.75) is 26.4 Å². The van der Waals surface area contributed by atoms with Gasteiger partial charge in [0.05, 0.1) is 5.56 Å². The van der Waals surface area contributed by atoms with Crippen LogP contribution in [0.4, 0.5) is 0 Å². The van der Waals surface area contributed by atoms with Crippen LogP contribution in [0.2, 0.25) is 0 Å². The molecule has 0 saturated carbocycles. The van der Waals surface area contributed by atoms with E-state index < -0.39 is 5.60 Å². The van der Waals surface area contributed by atoms with Gasteiger partial charge in [0.2, 0.25) is 0 Å². The highest BCUT2D eigenvalue weighted by molar-refractivity contribution is 5.89. The van der Waals surface area contributed by atoms with Gasteiger partial charge in [-0.3, -0.25) is 0 Å². The lowest BCUT2D eigenvalue weighted by Crippen LogP contribution is -2.23. The third-order valence-electron chi connectivity index (χ3n) is 1.88. The Morgan fingerprint density at radius 2 is 1.82 bits per heavy atom. The third-order valence-corrected chi connectivity index (χ3v) is 1.88. The number of rotatable bonds is 4. The lowest BCUT2D eigenvalue weighted by Gasteiger charge is -2.19. The summed E-state index contributed by atoms with van der Waals surface area (Å²) in [5, 5.41) is 0. The van der Waals surface area contributed by atoms with Crippen molar-refractivity contribution in [2.75, 3.05) is 13.2 Å². The van der Waals surface area contributed by atoms with E-state index in [0.29, 0.717) is 24.5 Å². The minimum Gasteiger partial charge on any atom is -0.492 e. The van der Waals surface area contributed by atoms with Crippen molar-refractivity contribution in [3.63, 3.8) is 0 Å². The number of benzene rings is 1. The van der Waals surface area contributed by atoms with Gasteiger partial charge in [0.15, 0.2) is 0 Å². The Labute approximate surface area is 102 Å². The van der Waals surface area contributed by atoms with Crippen LogP contribution >= 0.6 is 0 Å². The van der Waals surface area contributed by atoms with Crippen LogP contribution in [-0.2, 0) is 4.74 Å². The molecule has 0 fully saturated rings. The summed E-state index contributed by atoms with van der Waals surface area (Å²) in [6.07, 6.45) is 0. The van der Waals surface area contributed by atoms with Crippen LogP contribution in [0.15, 0.2) is 24.3 Å². The average molecular weight is 237 g/mol. The van der Waals surface area contributed by atoms with Gasteiger partial charge >= 0.3 is 5.97 Å². The van der Waals surface area contributed by atoms with Crippen molar-refractivity contribution < 1.29 is 14.3 Å². The zero-order valence-electron chi connectivity index (χ0n) is 10.5. The minimum absolute atomic E-state index is 0.331. The number of carbonyl (C=O) groups is 1. The molecule has 0 unspecified atom stereocenters. The van der Waals surface area contributed by atoms with Crippen LogP contribution in [0.5, 0.6) is 5.75 Å². The highest BCUT2D eigenvalue weighted by Gasteiger charge is 2.17. The molecule has 0 aliphatic rings. The third kappa shape index (κ3) is 4.87. The van der Waals surface area contributed by atoms with Crippen molar-refractivity contribution in [1.29, 1.82) is 0 Å². The van der Waals surface area contributed by atoms with Crippen LogP contribution in [-0.4, -0.2) is 24.7 Å².